The van der Waals surface area contributed by atoms with Crippen LogP contribution in [0.25, 0.3) is 0 Å². The maximum absolute atomic E-state index is 11.4. The molecule has 0 bridgehead atoms. The highest BCUT2D eigenvalue weighted by Gasteiger charge is 2.15. The van der Waals surface area contributed by atoms with E-state index in [2.05, 4.69) is 4.98 Å². The van der Waals surface area contributed by atoms with Crippen molar-refractivity contribution in [1.82, 2.24) is 13.3 Å². The van der Waals surface area contributed by atoms with Crippen LogP contribution in [0.1, 0.15) is 19.5 Å². The van der Waals surface area contributed by atoms with Gasteiger partial charge in [0.1, 0.15) is 6.33 Å². The molecule has 5 nitrogen and oxygen atoms in total. The second-order valence-electron chi connectivity index (χ2n) is 2.64. The van der Waals surface area contributed by atoms with Gasteiger partial charge in [0.2, 0.25) is 0 Å². The minimum Gasteiger partial charge on any atom is -0.241 e. The van der Waals surface area contributed by atoms with Crippen molar-refractivity contribution >= 4 is 10.2 Å². The van der Waals surface area contributed by atoms with Gasteiger partial charge in [-0.05, 0) is 6.92 Å². The quantitative estimate of drug-likeness (QED) is 0.741. The van der Waals surface area contributed by atoms with Crippen molar-refractivity contribution < 1.29 is 8.42 Å². The average molecular weight is 219 g/mol. The lowest BCUT2D eigenvalue weighted by atomic mass is 10.6. The fourth-order valence-electron chi connectivity index (χ4n) is 0.714. The van der Waals surface area contributed by atoms with Gasteiger partial charge >= 0.3 is 10.2 Å². The van der Waals surface area contributed by atoms with E-state index in [1.165, 1.54) is 26.6 Å². The van der Waals surface area contributed by atoms with E-state index >= 15 is 0 Å². The molecule has 0 saturated carbocycles. The molecule has 1 rings (SSSR count). The van der Waals surface area contributed by atoms with Crippen molar-refractivity contribution in [1.29, 1.82) is 0 Å². The molecule has 0 spiro atoms. The fourth-order valence-corrected chi connectivity index (χ4v) is 1.54. The van der Waals surface area contributed by atoms with Crippen LogP contribution in [0, 0.1) is 6.92 Å². The predicted molar refractivity (Wildman–Crippen MR) is 56.3 cm³/mol. The van der Waals surface area contributed by atoms with Crippen molar-refractivity contribution in [3.63, 3.8) is 0 Å². The summed E-state index contributed by atoms with van der Waals surface area (Å²) in [7, 11) is -0.415. The Hall–Kier alpha value is -0.880. The van der Waals surface area contributed by atoms with E-state index < -0.39 is 10.2 Å². The summed E-state index contributed by atoms with van der Waals surface area (Å²) in [6, 6.07) is 0. The Bertz CT molecular complexity index is 368. The van der Waals surface area contributed by atoms with Crippen LogP contribution in [-0.2, 0) is 10.2 Å². The molecule has 0 aliphatic rings. The summed E-state index contributed by atoms with van der Waals surface area (Å²) in [5.41, 5.74) is 0.681. The second kappa shape index (κ2) is 5.11. The van der Waals surface area contributed by atoms with E-state index in [1.54, 1.807) is 6.92 Å². The Morgan fingerprint density at radius 2 is 1.86 bits per heavy atom. The van der Waals surface area contributed by atoms with Gasteiger partial charge in [-0.25, -0.2) is 8.96 Å². The number of hydrogen-bond donors (Lipinski definition) is 0. The molecule has 1 aromatic rings. The summed E-state index contributed by atoms with van der Waals surface area (Å²) in [4.78, 5) is 3.82. The molecule has 1 heterocycles. The largest absolute Gasteiger partial charge is 0.308 e. The first-order valence-corrected chi connectivity index (χ1v) is 5.78. The van der Waals surface area contributed by atoms with Crippen molar-refractivity contribution in [3.05, 3.63) is 18.2 Å². The number of hydrogen-bond acceptors (Lipinski definition) is 3. The molecule has 0 saturated heterocycles. The van der Waals surface area contributed by atoms with E-state index in [-0.39, 0.29) is 0 Å². The molecule has 0 amide bonds. The summed E-state index contributed by atoms with van der Waals surface area (Å²) in [6.45, 7) is 5.74. The van der Waals surface area contributed by atoms with Crippen LogP contribution in [-0.4, -0.2) is 35.8 Å². The van der Waals surface area contributed by atoms with Gasteiger partial charge in [-0.3, -0.25) is 0 Å². The molecule has 6 heteroatoms. The summed E-state index contributed by atoms with van der Waals surface area (Å²) in [5.74, 6) is 0. The Labute approximate surface area is 85.6 Å². The zero-order chi connectivity index (χ0) is 11.4. The summed E-state index contributed by atoms with van der Waals surface area (Å²) in [5, 5.41) is 0. The maximum Gasteiger partial charge on any atom is 0.308 e. The van der Waals surface area contributed by atoms with Crippen LogP contribution >= 0.6 is 0 Å². The van der Waals surface area contributed by atoms with Crippen LogP contribution < -0.4 is 0 Å². The average Bonchev–Trinajstić information content (AvgIpc) is 2.55. The number of rotatable bonds is 2. The van der Waals surface area contributed by atoms with Crippen molar-refractivity contribution in [2.45, 2.75) is 20.8 Å². The monoisotopic (exact) mass is 219 g/mol. The minimum atomic E-state index is -3.37. The zero-order valence-electron chi connectivity index (χ0n) is 9.22. The summed E-state index contributed by atoms with van der Waals surface area (Å²) < 4.78 is 25.0. The topological polar surface area (TPSA) is 55.2 Å². The van der Waals surface area contributed by atoms with E-state index in [0.717, 1.165) is 8.28 Å². The van der Waals surface area contributed by atoms with Gasteiger partial charge in [0.15, 0.2) is 0 Å². The van der Waals surface area contributed by atoms with Crippen LogP contribution in [0.5, 0.6) is 0 Å². The normalized spacial score (nSPS) is 11.0. The summed E-state index contributed by atoms with van der Waals surface area (Å²) in [6.07, 6.45) is 2.75. The van der Waals surface area contributed by atoms with Crippen LogP contribution in [0.3, 0.4) is 0 Å². The number of nitrogens with zero attached hydrogens (tertiary/aromatic N) is 3. The molecule has 14 heavy (non-hydrogen) atoms. The minimum absolute atomic E-state index is 0.681. The van der Waals surface area contributed by atoms with Gasteiger partial charge in [0, 0.05) is 20.3 Å². The maximum atomic E-state index is 11.4. The van der Waals surface area contributed by atoms with Gasteiger partial charge in [0.05, 0.1) is 5.69 Å². The van der Waals surface area contributed by atoms with Gasteiger partial charge < -0.3 is 0 Å². The first-order valence-electron chi connectivity index (χ1n) is 4.38. The highest BCUT2D eigenvalue weighted by atomic mass is 32.2. The SMILES string of the molecule is CC.Cc1cn(S(=O)(=O)N(C)C)cn1. The molecule has 82 valence electrons. The summed E-state index contributed by atoms with van der Waals surface area (Å²) >= 11 is 0. The third kappa shape index (κ3) is 2.81. The number of aryl methyl sites for hydroxylation is 1. The van der Waals surface area contributed by atoms with E-state index in [4.69, 9.17) is 0 Å². The third-order valence-corrected chi connectivity index (χ3v) is 3.07. The molecule has 0 atom stereocenters. The lowest BCUT2D eigenvalue weighted by Gasteiger charge is -2.10. The molecular weight excluding hydrogens is 202 g/mol. The molecule has 0 aliphatic carbocycles. The third-order valence-electron chi connectivity index (χ3n) is 1.42. The molecular formula is C8H17N3O2S. The first-order chi connectivity index (χ1) is 6.44. The van der Waals surface area contributed by atoms with Crippen molar-refractivity contribution in [2.75, 3.05) is 14.1 Å². The predicted octanol–water partition coefficient (Wildman–Crippen LogP) is 0.872. The molecule has 0 unspecified atom stereocenters. The lowest BCUT2D eigenvalue weighted by Crippen LogP contribution is -2.27. The second-order valence-corrected chi connectivity index (χ2v) is 4.68. The van der Waals surface area contributed by atoms with Gasteiger partial charge in [-0.15, -0.1) is 0 Å². The Kier molecular flexibility index (Phi) is 4.79. The fraction of sp³-hybridized carbons (Fsp3) is 0.625. The zero-order valence-corrected chi connectivity index (χ0v) is 10.0. The van der Waals surface area contributed by atoms with E-state index in [0.29, 0.717) is 5.69 Å². The molecule has 0 radical (unpaired) electrons. The standard InChI is InChI=1S/C6H11N3O2S.C2H6/c1-6-4-9(5-7-6)12(10,11)8(2)3;1-2/h4-5H,1-3H3;1-2H3. The van der Waals surface area contributed by atoms with E-state index in [9.17, 15) is 8.42 Å². The number of aromatic nitrogens is 2. The molecule has 0 aliphatic heterocycles. The molecule has 1 aromatic heterocycles. The number of imidazole rings is 1. The van der Waals surface area contributed by atoms with Crippen molar-refractivity contribution in [3.8, 4) is 0 Å². The first kappa shape index (κ1) is 13.1. The molecule has 0 N–H and O–H groups in total. The van der Waals surface area contributed by atoms with Crippen LogP contribution in [0.2, 0.25) is 0 Å². The van der Waals surface area contributed by atoms with Gasteiger partial charge in [0.25, 0.3) is 0 Å². The van der Waals surface area contributed by atoms with Gasteiger partial charge in [-0.2, -0.15) is 12.7 Å². The van der Waals surface area contributed by atoms with Crippen LogP contribution in [0.4, 0.5) is 0 Å². The molecule has 0 aromatic carbocycles. The highest BCUT2D eigenvalue weighted by molar-refractivity contribution is 7.87. The Morgan fingerprint density at radius 3 is 2.14 bits per heavy atom. The van der Waals surface area contributed by atoms with E-state index in [1.807, 2.05) is 13.8 Å². The van der Waals surface area contributed by atoms with Crippen molar-refractivity contribution in [2.24, 2.45) is 0 Å². The Morgan fingerprint density at radius 1 is 1.36 bits per heavy atom. The molecule has 0 fully saturated rings. The lowest BCUT2D eigenvalue weighted by molar-refractivity contribution is 0.510. The smallest absolute Gasteiger partial charge is 0.241 e. The highest BCUT2D eigenvalue weighted by Crippen LogP contribution is 2.01. The van der Waals surface area contributed by atoms with Gasteiger partial charge in [-0.1, -0.05) is 13.8 Å². The Balaban J connectivity index is 0.000000791. The van der Waals surface area contributed by atoms with Crippen LogP contribution in [0.15, 0.2) is 12.5 Å².